The lowest BCUT2D eigenvalue weighted by atomic mass is 10.1. The van der Waals surface area contributed by atoms with Crippen molar-refractivity contribution >= 4 is 46.4 Å². The van der Waals surface area contributed by atoms with Crippen LogP contribution in [0.2, 0.25) is 10.0 Å². The van der Waals surface area contributed by atoms with Gasteiger partial charge in [-0.3, -0.25) is 9.59 Å². The zero-order valence-electron chi connectivity index (χ0n) is 16.3. The molecule has 0 aliphatic rings. The molecule has 2 amide bonds. The number of hydrogen-bond acceptors (Lipinski definition) is 3. The van der Waals surface area contributed by atoms with Crippen LogP contribution in [0.4, 0.5) is 11.4 Å². The predicted molar refractivity (Wildman–Crippen MR) is 121 cm³/mol. The molecule has 3 rings (SSSR count). The summed E-state index contributed by atoms with van der Waals surface area (Å²) in [6.45, 7) is 2.26. The van der Waals surface area contributed by atoms with E-state index in [9.17, 15) is 9.59 Å². The van der Waals surface area contributed by atoms with Crippen LogP contribution in [0.25, 0.3) is 0 Å². The molecular formula is C23H20Cl2N2O3. The number of benzene rings is 3. The summed E-state index contributed by atoms with van der Waals surface area (Å²) in [5, 5.41) is 3.54. The Morgan fingerprint density at radius 1 is 0.967 bits per heavy atom. The summed E-state index contributed by atoms with van der Waals surface area (Å²) >= 11 is 11.9. The van der Waals surface area contributed by atoms with E-state index in [1.54, 1.807) is 47.4 Å². The summed E-state index contributed by atoms with van der Waals surface area (Å²) in [4.78, 5) is 26.7. The van der Waals surface area contributed by atoms with Crippen LogP contribution in [0, 0.1) is 0 Å². The van der Waals surface area contributed by atoms with Gasteiger partial charge >= 0.3 is 0 Å². The average Bonchev–Trinajstić information content (AvgIpc) is 2.75. The zero-order valence-corrected chi connectivity index (χ0v) is 17.8. The molecule has 0 atom stereocenters. The van der Waals surface area contributed by atoms with Crippen LogP contribution in [0.3, 0.4) is 0 Å². The van der Waals surface area contributed by atoms with Crippen molar-refractivity contribution in [2.45, 2.75) is 6.92 Å². The van der Waals surface area contributed by atoms with Crippen molar-refractivity contribution < 1.29 is 14.3 Å². The van der Waals surface area contributed by atoms with Crippen molar-refractivity contribution in [1.82, 2.24) is 0 Å². The van der Waals surface area contributed by atoms with Crippen molar-refractivity contribution in [3.8, 4) is 5.75 Å². The Balaban J connectivity index is 1.59. The van der Waals surface area contributed by atoms with Gasteiger partial charge < -0.3 is 15.0 Å². The Bertz CT molecular complexity index is 1020. The lowest BCUT2D eigenvalue weighted by molar-refractivity contribution is -0.118. The van der Waals surface area contributed by atoms with Gasteiger partial charge in [0, 0.05) is 28.5 Å². The molecule has 0 heterocycles. The van der Waals surface area contributed by atoms with Gasteiger partial charge in [0.1, 0.15) is 5.75 Å². The van der Waals surface area contributed by atoms with Crippen LogP contribution in [0.5, 0.6) is 5.75 Å². The number of hydrogen-bond donors (Lipinski definition) is 1. The molecule has 0 bridgehead atoms. The van der Waals surface area contributed by atoms with Crippen molar-refractivity contribution in [2.24, 2.45) is 0 Å². The maximum Gasteiger partial charge on any atom is 0.262 e. The van der Waals surface area contributed by atoms with Gasteiger partial charge in [0.15, 0.2) is 6.61 Å². The molecule has 7 heteroatoms. The third-order valence-electron chi connectivity index (χ3n) is 4.30. The molecule has 3 aromatic rings. The fraction of sp³-hybridized carbons (Fsp3) is 0.130. The number of carbonyl (C=O) groups excluding carboxylic acids is 2. The highest BCUT2D eigenvalue weighted by Crippen LogP contribution is 2.27. The SMILES string of the molecule is CCN(C(=O)c1ccc(NC(=O)COc2ccc(Cl)cc2Cl)cc1)c1ccccc1. The van der Waals surface area contributed by atoms with Crippen LogP contribution in [-0.4, -0.2) is 25.0 Å². The third kappa shape index (κ3) is 5.53. The number of carbonyl (C=O) groups is 2. The number of para-hydroxylation sites is 1. The molecule has 3 aromatic carbocycles. The standard InChI is InChI=1S/C23H20Cl2N2O3/c1-2-27(19-6-4-3-5-7-19)23(29)16-8-11-18(12-9-16)26-22(28)15-30-21-13-10-17(24)14-20(21)25/h3-14H,2,15H2,1H3,(H,26,28). The second kappa shape index (κ2) is 10.1. The van der Waals surface area contributed by atoms with E-state index in [1.165, 1.54) is 0 Å². The van der Waals surface area contributed by atoms with Crippen molar-refractivity contribution in [3.05, 3.63) is 88.4 Å². The Morgan fingerprint density at radius 2 is 1.67 bits per heavy atom. The Hall–Kier alpha value is -3.02. The number of rotatable bonds is 7. The highest BCUT2D eigenvalue weighted by atomic mass is 35.5. The van der Waals surface area contributed by atoms with Crippen LogP contribution in [-0.2, 0) is 4.79 Å². The average molecular weight is 443 g/mol. The van der Waals surface area contributed by atoms with Crippen LogP contribution in [0.15, 0.2) is 72.8 Å². The van der Waals surface area contributed by atoms with Crippen molar-refractivity contribution in [3.63, 3.8) is 0 Å². The molecule has 0 saturated carbocycles. The summed E-state index contributed by atoms with van der Waals surface area (Å²) in [5.74, 6) is -0.0837. The minimum atomic E-state index is -0.348. The lowest BCUT2D eigenvalue weighted by Crippen LogP contribution is -2.30. The number of nitrogens with one attached hydrogen (secondary N) is 1. The molecule has 154 valence electrons. The minimum absolute atomic E-state index is 0.109. The van der Waals surface area contributed by atoms with E-state index in [0.717, 1.165) is 5.69 Å². The number of amides is 2. The van der Waals surface area contributed by atoms with Gasteiger partial charge in [-0.1, -0.05) is 41.4 Å². The van der Waals surface area contributed by atoms with Crippen LogP contribution < -0.4 is 15.0 Å². The summed E-state index contributed by atoms with van der Waals surface area (Å²) in [6.07, 6.45) is 0. The fourth-order valence-corrected chi connectivity index (χ4v) is 3.30. The molecule has 30 heavy (non-hydrogen) atoms. The van der Waals surface area contributed by atoms with E-state index < -0.39 is 0 Å². The molecule has 0 aliphatic heterocycles. The van der Waals surface area contributed by atoms with E-state index in [4.69, 9.17) is 27.9 Å². The van der Waals surface area contributed by atoms with Gasteiger partial charge in [0.2, 0.25) is 0 Å². The molecule has 0 aliphatic carbocycles. The number of ether oxygens (including phenoxy) is 1. The lowest BCUT2D eigenvalue weighted by Gasteiger charge is -2.21. The van der Waals surface area contributed by atoms with Crippen molar-refractivity contribution in [1.29, 1.82) is 0 Å². The largest absolute Gasteiger partial charge is 0.482 e. The summed E-state index contributed by atoms with van der Waals surface area (Å²) in [5.41, 5.74) is 1.92. The number of nitrogens with zero attached hydrogens (tertiary/aromatic N) is 1. The Kier molecular flexibility index (Phi) is 7.33. The quantitative estimate of drug-likeness (QED) is 0.511. The van der Waals surface area contributed by atoms with E-state index in [0.29, 0.717) is 33.6 Å². The zero-order chi connectivity index (χ0) is 21.5. The first-order chi connectivity index (χ1) is 14.5. The maximum absolute atomic E-state index is 12.8. The Morgan fingerprint density at radius 3 is 2.30 bits per heavy atom. The molecule has 0 aromatic heterocycles. The van der Waals surface area contributed by atoms with Gasteiger partial charge in [0.05, 0.1) is 5.02 Å². The topological polar surface area (TPSA) is 58.6 Å². The molecule has 0 fully saturated rings. The third-order valence-corrected chi connectivity index (χ3v) is 4.83. The van der Waals surface area contributed by atoms with E-state index >= 15 is 0 Å². The fourth-order valence-electron chi connectivity index (χ4n) is 2.84. The van der Waals surface area contributed by atoms with Crippen LogP contribution in [0.1, 0.15) is 17.3 Å². The van der Waals surface area contributed by atoms with Gasteiger partial charge in [-0.15, -0.1) is 0 Å². The van der Waals surface area contributed by atoms with Gasteiger partial charge in [-0.25, -0.2) is 0 Å². The Labute approximate surface area is 185 Å². The molecule has 0 spiro atoms. The van der Waals surface area contributed by atoms with E-state index in [1.807, 2.05) is 37.3 Å². The van der Waals surface area contributed by atoms with Gasteiger partial charge in [-0.05, 0) is 61.5 Å². The van der Waals surface area contributed by atoms with E-state index in [-0.39, 0.29) is 18.4 Å². The highest BCUT2D eigenvalue weighted by molar-refractivity contribution is 6.35. The smallest absolute Gasteiger partial charge is 0.262 e. The first-order valence-corrected chi connectivity index (χ1v) is 10.1. The summed E-state index contributed by atoms with van der Waals surface area (Å²) in [7, 11) is 0. The predicted octanol–water partition coefficient (Wildman–Crippen LogP) is 5.68. The second-order valence-electron chi connectivity index (χ2n) is 6.37. The monoisotopic (exact) mass is 442 g/mol. The van der Waals surface area contributed by atoms with E-state index in [2.05, 4.69) is 5.32 Å². The first-order valence-electron chi connectivity index (χ1n) is 9.32. The summed E-state index contributed by atoms with van der Waals surface area (Å²) in [6, 6.07) is 21.0. The molecule has 0 saturated heterocycles. The maximum atomic E-state index is 12.8. The van der Waals surface area contributed by atoms with Gasteiger partial charge in [0.25, 0.3) is 11.8 Å². The normalized spacial score (nSPS) is 10.4. The second-order valence-corrected chi connectivity index (χ2v) is 7.22. The van der Waals surface area contributed by atoms with Crippen LogP contribution >= 0.6 is 23.2 Å². The summed E-state index contributed by atoms with van der Waals surface area (Å²) < 4.78 is 5.42. The molecule has 5 nitrogen and oxygen atoms in total. The number of halogens is 2. The molecule has 1 N–H and O–H groups in total. The molecule has 0 radical (unpaired) electrons. The highest BCUT2D eigenvalue weighted by Gasteiger charge is 2.16. The molecular weight excluding hydrogens is 423 g/mol. The molecule has 0 unspecified atom stereocenters. The minimum Gasteiger partial charge on any atom is -0.482 e. The van der Waals surface area contributed by atoms with Crippen molar-refractivity contribution in [2.75, 3.05) is 23.4 Å². The van der Waals surface area contributed by atoms with Gasteiger partial charge in [-0.2, -0.15) is 0 Å². The number of anilines is 2. The first kappa shape index (κ1) is 21.7.